The molecule has 4 heteroatoms. The molecule has 0 aliphatic rings. The van der Waals surface area contributed by atoms with Gasteiger partial charge in [-0.3, -0.25) is 0 Å². The Kier molecular flexibility index (Phi) is 2.95. The first-order valence-corrected chi connectivity index (χ1v) is 3.98. The van der Waals surface area contributed by atoms with Crippen LogP contribution in [0.4, 0.5) is 8.78 Å². The average molecular weight is 186 g/mol. The molecule has 0 spiro atoms. The first-order valence-electron chi connectivity index (χ1n) is 3.98. The van der Waals surface area contributed by atoms with E-state index in [1.54, 1.807) is 0 Å². The zero-order valence-electron chi connectivity index (χ0n) is 7.35. The van der Waals surface area contributed by atoms with Crippen LogP contribution >= 0.6 is 0 Å². The highest BCUT2D eigenvalue weighted by molar-refractivity contribution is 5.28. The van der Waals surface area contributed by atoms with Crippen LogP contribution in [0.25, 0.3) is 0 Å². The van der Waals surface area contributed by atoms with E-state index < -0.39 is 17.7 Å². The lowest BCUT2D eigenvalue weighted by molar-refractivity contribution is 0.543. The smallest absolute Gasteiger partial charge is 0.133 e. The van der Waals surface area contributed by atoms with Crippen LogP contribution in [0.3, 0.4) is 0 Å². The lowest BCUT2D eigenvalue weighted by Crippen LogP contribution is -2.22. The molecule has 0 amide bonds. The summed E-state index contributed by atoms with van der Waals surface area (Å²) in [5.41, 5.74) is 11.1. The molecule has 0 radical (unpaired) electrons. The largest absolute Gasteiger partial charge is 0.329 e. The molecular weight excluding hydrogens is 174 g/mol. The number of halogens is 2. The van der Waals surface area contributed by atoms with Gasteiger partial charge < -0.3 is 11.5 Å². The van der Waals surface area contributed by atoms with Gasteiger partial charge in [-0.05, 0) is 13.0 Å². The van der Waals surface area contributed by atoms with E-state index in [-0.39, 0.29) is 17.7 Å². The molecule has 2 nitrogen and oxygen atoms in total. The Balaban J connectivity index is 3.18. The minimum atomic E-state index is -0.599. The van der Waals surface area contributed by atoms with Crippen LogP contribution in [0.15, 0.2) is 12.1 Å². The Bertz CT molecular complexity index is 313. The number of nitrogens with two attached hydrogens (primary N) is 2. The molecule has 1 unspecified atom stereocenters. The van der Waals surface area contributed by atoms with Crippen LogP contribution in [-0.4, -0.2) is 6.54 Å². The van der Waals surface area contributed by atoms with Gasteiger partial charge in [-0.25, -0.2) is 8.78 Å². The van der Waals surface area contributed by atoms with E-state index in [0.29, 0.717) is 0 Å². The fourth-order valence-corrected chi connectivity index (χ4v) is 1.10. The Morgan fingerprint density at radius 1 is 1.38 bits per heavy atom. The van der Waals surface area contributed by atoms with E-state index >= 15 is 0 Å². The minimum absolute atomic E-state index is 0.0126. The highest BCUT2D eigenvalue weighted by Crippen LogP contribution is 2.19. The Morgan fingerprint density at radius 3 is 2.54 bits per heavy atom. The lowest BCUT2D eigenvalue weighted by atomic mass is 10.0. The molecule has 1 atom stereocenters. The highest BCUT2D eigenvalue weighted by atomic mass is 19.1. The van der Waals surface area contributed by atoms with Gasteiger partial charge in [0.15, 0.2) is 0 Å². The third-order valence-corrected chi connectivity index (χ3v) is 2.00. The SMILES string of the molecule is Cc1c(F)ccc(C(N)CN)c1F. The molecule has 0 saturated heterocycles. The van der Waals surface area contributed by atoms with Crippen molar-refractivity contribution in [3.8, 4) is 0 Å². The van der Waals surface area contributed by atoms with Gasteiger partial charge in [0, 0.05) is 23.7 Å². The van der Waals surface area contributed by atoms with Crippen LogP contribution in [0, 0.1) is 18.6 Å². The third-order valence-electron chi connectivity index (χ3n) is 2.00. The summed E-state index contributed by atoms with van der Waals surface area (Å²) in [4.78, 5) is 0. The Labute approximate surface area is 75.5 Å². The molecule has 1 rings (SSSR count). The molecule has 1 aromatic carbocycles. The summed E-state index contributed by atoms with van der Waals surface area (Å²) in [6.45, 7) is 1.51. The van der Waals surface area contributed by atoms with Crippen molar-refractivity contribution in [1.82, 2.24) is 0 Å². The maximum absolute atomic E-state index is 13.3. The zero-order valence-corrected chi connectivity index (χ0v) is 7.35. The van der Waals surface area contributed by atoms with Crippen molar-refractivity contribution < 1.29 is 8.78 Å². The molecular formula is C9H12F2N2. The molecule has 0 aliphatic heterocycles. The average Bonchev–Trinajstić information content (AvgIpc) is 2.13. The molecule has 72 valence electrons. The summed E-state index contributed by atoms with van der Waals surface area (Å²) in [6.07, 6.45) is 0. The van der Waals surface area contributed by atoms with Gasteiger partial charge in [-0.15, -0.1) is 0 Å². The molecule has 0 bridgehead atoms. The van der Waals surface area contributed by atoms with E-state index in [1.807, 2.05) is 0 Å². The van der Waals surface area contributed by atoms with E-state index in [2.05, 4.69) is 0 Å². The molecule has 0 heterocycles. The van der Waals surface area contributed by atoms with Crippen LogP contribution in [0.5, 0.6) is 0 Å². The van der Waals surface area contributed by atoms with Crippen molar-refractivity contribution >= 4 is 0 Å². The Morgan fingerprint density at radius 2 is 2.00 bits per heavy atom. The predicted octanol–water partition coefficient (Wildman–Crippen LogP) is 1.23. The quantitative estimate of drug-likeness (QED) is 0.729. The van der Waals surface area contributed by atoms with Crippen molar-refractivity contribution in [3.05, 3.63) is 34.9 Å². The summed E-state index contributed by atoms with van der Waals surface area (Å²) in [6, 6.07) is 1.96. The van der Waals surface area contributed by atoms with Crippen molar-refractivity contribution in [2.45, 2.75) is 13.0 Å². The number of rotatable bonds is 2. The molecule has 1 aromatic rings. The number of benzene rings is 1. The van der Waals surface area contributed by atoms with Gasteiger partial charge in [0.25, 0.3) is 0 Å². The second-order valence-corrected chi connectivity index (χ2v) is 2.92. The lowest BCUT2D eigenvalue weighted by Gasteiger charge is -2.11. The van der Waals surface area contributed by atoms with Crippen molar-refractivity contribution in [2.75, 3.05) is 6.54 Å². The first-order chi connectivity index (χ1) is 6.07. The maximum Gasteiger partial charge on any atom is 0.133 e. The minimum Gasteiger partial charge on any atom is -0.329 e. The van der Waals surface area contributed by atoms with Gasteiger partial charge in [-0.2, -0.15) is 0 Å². The molecule has 0 fully saturated rings. The highest BCUT2D eigenvalue weighted by Gasteiger charge is 2.13. The molecule has 13 heavy (non-hydrogen) atoms. The van der Waals surface area contributed by atoms with Gasteiger partial charge in [0.1, 0.15) is 11.6 Å². The molecule has 4 N–H and O–H groups in total. The van der Waals surface area contributed by atoms with Crippen molar-refractivity contribution in [2.24, 2.45) is 11.5 Å². The van der Waals surface area contributed by atoms with Gasteiger partial charge in [0.05, 0.1) is 0 Å². The molecule has 0 aromatic heterocycles. The van der Waals surface area contributed by atoms with Crippen molar-refractivity contribution in [1.29, 1.82) is 0 Å². The number of hydrogen-bond acceptors (Lipinski definition) is 2. The summed E-state index contributed by atoms with van der Waals surface area (Å²) in [5, 5.41) is 0. The molecule has 0 aliphatic carbocycles. The maximum atomic E-state index is 13.3. The monoisotopic (exact) mass is 186 g/mol. The van der Waals surface area contributed by atoms with E-state index in [4.69, 9.17) is 11.5 Å². The fraction of sp³-hybridized carbons (Fsp3) is 0.333. The van der Waals surface area contributed by atoms with Crippen LogP contribution < -0.4 is 11.5 Å². The molecule has 0 saturated carbocycles. The third kappa shape index (κ3) is 1.84. The topological polar surface area (TPSA) is 52.0 Å². The first kappa shape index (κ1) is 10.1. The Hall–Kier alpha value is -1.00. The zero-order chi connectivity index (χ0) is 10.0. The summed E-state index contributed by atoms with van der Waals surface area (Å²) >= 11 is 0. The van der Waals surface area contributed by atoms with E-state index in [0.717, 1.165) is 0 Å². The summed E-state index contributed by atoms with van der Waals surface area (Å²) < 4.78 is 26.1. The predicted molar refractivity (Wildman–Crippen MR) is 47.1 cm³/mol. The normalized spacial score (nSPS) is 13.0. The number of hydrogen-bond donors (Lipinski definition) is 2. The standard InChI is InChI=1S/C9H12F2N2/c1-5-7(10)3-2-6(9(5)11)8(13)4-12/h2-3,8H,4,12-13H2,1H3. The summed E-state index contributed by atoms with van der Waals surface area (Å²) in [5.74, 6) is -1.16. The van der Waals surface area contributed by atoms with E-state index in [1.165, 1.54) is 19.1 Å². The van der Waals surface area contributed by atoms with Crippen LogP contribution in [0.1, 0.15) is 17.2 Å². The second kappa shape index (κ2) is 3.81. The second-order valence-electron chi connectivity index (χ2n) is 2.92. The fourth-order valence-electron chi connectivity index (χ4n) is 1.10. The van der Waals surface area contributed by atoms with Gasteiger partial charge in [-0.1, -0.05) is 6.07 Å². The summed E-state index contributed by atoms with van der Waals surface area (Å²) in [7, 11) is 0. The van der Waals surface area contributed by atoms with E-state index in [9.17, 15) is 8.78 Å². The van der Waals surface area contributed by atoms with Gasteiger partial charge >= 0.3 is 0 Å². The van der Waals surface area contributed by atoms with Crippen LogP contribution in [-0.2, 0) is 0 Å². The van der Waals surface area contributed by atoms with Crippen molar-refractivity contribution in [3.63, 3.8) is 0 Å². The van der Waals surface area contributed by atoms with Crippen LogP contribution in [0.2, 0.25) is 0 Å². The van der Waals surface area contributed by atoms with Gasteiger partial charge in [0.2, 0.25) is 0 Å².